The summed E-state index contributed by atoms with van der Waals surface area (Å²) in [4.78, 5) is 7.01. The van der Waals surface area contributed by atoms with Gasteiger partial charge in [-0.15, -0.1) is 0 Å². The van der Waals surface area contributed by atoms with Crippen molar-refractivity contribution >= 4 is 15.7 Å². The van der Waals surface area contributed by atoms with E-state index in [4.69, 9.17) is 5.73 Å². The van der Waals surface area contributed by atoms with E-state index < -0.39 is 10.0 Å². The molecule has 0 aliphatic carbocycles. The average molecular weight is 294 g/mol. The van der Waals surface area contributed by atoms with Crippen molar-refractivity contribution in [3.8, 4) is 0 Å². The first kappa shape index (κ1) is 14.5. The normalized spacial score (nSPS) is 13.2. The van der Waals surface area contributed by atoms with E-state index in [9.17, 15) is 8.42 Å². The summed E-state index contributed by atoms with van der Waals surface area (Å²) in [5.41, 5.74) is 6.84. The molecule has 1 aromatic heterocycles. The molecular formula is C13H18N4O2S. The van der Waals surface area contributed by atoms with Gasteiger partial charge in [0.25, 0.3) is 0 Å². The van der Waals surface area contributed by atoms with Gasteiger partial charge in [0.05, 0.1) is 11.8 Å². The summed E-state index contributed by atoms with van der Waals surface area (Å²) in [6.07, 6.45) is 3.87. The maximum atomic E-state index is 12.2. The highest BCUT2D eigenvalue weighted by Gasteiger charge is 2.20. The molecule has 0 spiro atoms. The third-order valence-corrected chi connectivity index (χ3v) is 4.31. The van der Waals surface area contributed by atoms with Crippen LogP contribution in [-0.2, 0) is 15.8 Å². The summed E-state index contributed by atoms with van der Waals surface area (Å²) >= 11 is 0. The van der Waals surface area contributed by atoms with E-state index in [0.29, 0.717) is 23.5 Å². The van der Waals surface area contributed by atoms with Crippen LogP contribution in [0.25, 0.3) is 0 Å². The van der Waals surface area contributed by atoms with E-state index in [-0.39, 0.29) is 11.8 Å². The van der Waals surface area contributed by atoms with E-state index in [1.54, 1.807) is 36.7 Å². The van der Waals surface area contributed by atoms with Gasteiger partial charge in [0.15, 0.2) is 0 Å². The number of hydrogen-bond donors (Lipinski definition) is 3. The number of rotatable bonds is 6. The molecule has 1 heterocycles. The lowest BCUT2D eigenvalue weighted by Crippen LogP contribution is -2.30. The molecule has 0 saturated heterocycles. The Hall–Kier alpha value is -1.86. The van der Waals surface area contributed by atoms with E-state index in [1.165, 1.54) is 0 Å². The number of H-pyrrole nitrogens is 1. The van der Waals surface area contributed by atoms with Crippen molar-refractivity contribution < 1.29 is 8.42 Å². The van der Waals surface area contributed by atoms with Gasteiger partial charge in [-0.25, -0.2) is 18.1 Å². The average Bonchev–Trinajstić information content (AvgIpc) is 2.92. The van der Waals surface area contributed by atoms with E-state index >= 15 is 0 Å². The molecule has 0 fully saturated rings. The van der Waals surface area contributed by atoms with Crippen LogP contribution in [0.15, 0.2) is 36.7 Å². The third kappa shape index (κ3) is 3.58. The zero-order chi connectivity index (χ0) is 14.6. The molecule has 108 valence electrons. The number of nitrogen functional groups attached to an aromatic ring is 1. The molecule has 20 heavy (non-hydrogen) atoms. The number of anilines is 1. The minimum absolute atomic E-state index is 0.142. The predicted molar refractivity (Wildman–Crippen MR) is 78.2 cm³/mol. The van der Waals surface area contributed by atoms with Crippen LogP contribution in [0.5, 0.6) is 0 Å². The van der Waals surface area contributed by atoms with Crippen LogP contribution in [0.4, 0.5) is 5.69 Å². The second-order valence-electron chi connectivity index (χ2n) is 4.51. The molecule has 0 bridgehead atoms. The number of imidazole rings is 1. The van der Waals surface area contributed by atoms with Crippen LogP contribution in [-0.4, -0.2) is 18.4 Å². The van der Waals surface area contributed by atoms with Crippen molar-refractivity contribution in [2.24, 2.45) is 0 Å². The van der Waals surface area contributed by atoms with Gasteiger partial charge in [-0.3, -0.25) is 0 Å². The maximum absolute atomic E-state index is 12.2. The topological polar surface area (TPSA) is 101 Å². The number of nitrogens with two attached hydrogens (primary N) is 1. The van der Waals surface area contributed by atoms with Gasteiger partial charge < -0.3 is 10.7 Å². The van der Waals surface area contributed by atoms with Crippen molar-refractivity contribution in [1.82, 2.24) is 14.7 Å². The lowest BCUT2D eigenvalue weighted by Gasteiger charge is -2.15. The summed E-state index contributed by atoms with van der Waals surface area (Å²) in [6.45, 7) is 1.90. The van der Waals surface area contributed by atoms with Crippen molar-refractivity contribution in [2.45, 2.75) is 25.1 Å². The molecule has 6 nitrogen and oxygen atoms in total. The quantitative estimate of drug-likeness (QED) is 0.704. The molecule has 0 aliphatic heterocycles. The molecule has 0 radical (unpaired) electrons. The summed E-state index contributed by atoms with van der Waals surface area (Å²) in [7, 11) is -3.48. The Morgan fingerprint density at radius 3 is 2.75 bits per heavy atom. The first-order valence-electron chi connectivity index (χ1n) is 6.34. The molecule has 0 aliphatic rings. The van der Waals surface area contributed by atoms with Gasteiger partial charge in [0.2, 0.25) is 10.0 Å². The number of aromatic amines is 1. The van der Waals surface area contributed by atoms with Gasteiger partial charge >= 0.3 is 0 Å². The van der Waals surface area contributed by atoms with E-state index in [0.717, 1.165) is 0 Å². The highest BCUT2D eigenvalue weighted by molar-refractivity contribution is 7.88. The number of benzene rings is 1. The van der Waals surface area contributed by atoms with Gasteiger partial charge in [-0.2, -0.15) is 0 Å². The number of nitrogens with one attached hydrogen (secondary N) is 2. The van der Waals surface area contributed by atoms with Crippen molar-refractivity contribution in [1.29, 1.82) is 0 Å². The van der Waals surface area contributed by atoms with Gasteiger partial charge in [0.1, 0.15) is 5.82 Å². The molecule has 1 unspecified atom stereocenters. The molecule has 4 N–H and O–H groups in total. The Morgan fingerprint density at radius 1 is 1.40 bits per heavy atom. The third-order valence-electron chi connectivity index (χ3n) is 2.98. The number of aromatic nitrogens is 2. The van der Waals surface area contributed by atoms with Crippen LogP contribution in [0, 0.1) is 0 Å². The fourth-order valence-corrected chi connectivity index (χ4v) is 3.40. The molecule has 1 atom stereocenters. The number of hydrogen-bond acceptors (Lipinski definition) is 4. The lowest BCUT2D eigenvalue weighted by molar-refractivity contribution is 0.538. The van der Waals surface area contributed by atoms with E-state index in [2.05, 4.69) is 14.7 Å². The molecule has 2 aromatic rings. The van der Waals surface area contributed by atoms with Gasteiger partial charge in [0, 0.05) is 18.1 Å². The SMILES string of the molecule is CCC(NS(=O)(=O)Cc1ccccc1N)c1ncc[nH]1. The Balaban J connectivity index is 2.13. The second kappa shape index (κ2) is 6.06. The standard InChI is InChI=1S/C13H18N4O2S/c1-2-12(13-15-7-8-16-13)17-20(18,19)9-10-5-3-4-6-11(10)14/h3-8,12,17H,2,9,14H2,1H3,(H,15,16). The van der Waals surface area contributed by atoms with Crippen LogP contribution in [0.1, 0.15) is 30.8 Å². The Bertz CT molecular complexity index is 653. The van der Waals surface area contributed by atoms with Crippen molar-refractivity contribution in [2.75, 3.05) is 5.73 Å². The number of nitrogens with zero attached hydrogens (tertiary/aromatic N) is 1. The molecule has 2 rings (SSSR count). The summed E-state index contributed by atoms with van der Waals surface area (Å²) in [5.74, 6) is 0.466. The van der Waals surface area contributed by atoms with Crippen LogP contribution in [0.2, 0.25) is 0 Å². The smallest absolute Gasteiger partial charge is 0.216 e. The minimum Gasteiger partial charge on any atom is -0.398 e. The zero-order valence-electron chi connectivity index (χ0n) is 11.2. The largest absolute Gasteiger partial charge is 0.398 e. The first-order chi connectivity index (χ1) is 9.52. The Kier molecular flexibility index (Phi) is 4.41. The van der Waals surface area contributed by atoms with Crippen LogP contribution >= 0.6 is 0 Å². The van der Waals surface area contributed by atoms with Crippen molar-refractivity contribution in [3.05, 3.63) is 48.0 Å². The summed E-state index contributed by atoms with van der Waals surface area (Å²) < 4.78 is 27.1. The van der Waals surface area contributed by atoms with Crippen LogP contribution < -0.4 is 10.5 Å². The lowest BCUT2D eigenvalue weighted by atomic mass is 10.2. The fraction of sp³-hybridized carbons (Fsp3) is 0.308. The molecular weight excluding hydrogens is 276 g/mol. The monoisotopic (exact) mass is 294 g/mol. The minimum atomic E-state index is -3.48. The van der Waals surface area contributed by atoms with Gasteiger partial charge in [-0.05, 0) is 18.1 Å². The number of para-hydroxylation sites is 1. The fourth-order valence-electron chi connectivity index (χ4n) is 1.93. The molecule has 0 saturated carbocycles. The zero-order valence-corrected chi connectivity index (χ0v) is 12.0. The van der Waals surface area contributed by atoms with Crippen molar-refractivity contribution in [3.63, 3.8) is 0 Å². The maximum Gasteiger partial charge on any atom is 0.216 e. The molecule has 0 amide bonds. The predicted octanol–water partition coefficient (Wildman–Crippen LogP) is 1.56. The first-order valence-corrected chi connectivity index (χ1v) is 7.99. The molecule has 1 aromatic carbocycles. The Morgan fingerprint density at radius 2 is 2.15 bits per heavy atom. The van der Waals surface area contributed by atoms with E-state index in [1.807, 2.05) is 6.92 Å². The summed E-state index contributed by atoms with van der Waals surface area (Å²) in [5, 5.41) is 0. The van der Waals surface area contributed by atoms with Gasteiger partial charge in [-0.1, -0.05) is 25.1 Å². The number of sulfonamides is 1. The molecule has 7 heteroatoms. The van der Waals surface area contributed by atoms with Crippen LogP contribution in [0.3, 0.4) is 0 Å². The summed E-state index contributed by atoms with van der Waals surface area (Å²) in [6, 6.07) is 6.58. The second-order valence-corrected chi connectivity index (χ2v) is 6.26. The highest BCUT2D eigenvalue weighted by Crippen LogP contribution is 2.17. The highest BCUT2D eigenvalue weighted by atomic mass is 32.2. The Labute approximate surface area is 118 Å².